The van der Waals surface area contributed by atoms with Crippen molar-refractivity contribution in [2.24, 2.45) is 5.92 Å². The smallest absolute Gasteiger partial charge is 0.434 e. The largest absolute Gasteiger partial charge is 0.508 e. The second-order valence-corrected chi connectivity index (χ2v) is 10.2. The number of rotatable bonds is 25. The first-order valence-electron chi connectivity index (χ1n) is 14.8. The highest BCUT2D eigenvalue weighted by atomic mass is 16.7. The summed E-state index contributed by atoms with van der Waals surface area (Å²) in [6, 6.07) is 0. The molecule has 0 rings (SSSR count). The number of hydrogen-bond acceptors (Lipinski definition) is 3. The normalized spacial score (nSPS) is 11.8. The fourth-order valence-electron chi connectivity index (χ4n) is 3.98. The molecule has 0 unspecified atom stereocenters. The molecule has 0 spiro atoms. The summed E-state index contributed by atoms with van der Waals surface area (Å²) in [5.41, 5.74) is 0. The highest BCUT2D eigenvalue weighted by molar-refractivity contribution is 5.59. The Kier molecular flexibility index (Phi) is 27.0. The van der Waals surface area contributed by atoms with Gasteiger partial charge < -0.3 is 9.47 Å². The van der Waals surface area contributed by atoms with E-state index in [1.54, 1.807) is 0 Å². The summed E-state index contributed by atoms with van der Waals surface area (Å²) in [5, 5.41) is 0. The minimum Gasteiger partial charge on any atom is -0.434 e. The van der Waals surface area contributed by atoms with E-state index in [9.17, 15) is 4.79 Å². The van der Waals surface area contributed by atoms with Crippen molar-refractivity contribution < 1.29 is 14.3 Å². The molecule has 0 saturated carbocycles. The zero-order valence-corrected chi connectivity index (χ0v) is 23.2. The zero-order chi connectivity index (χ0) is 25.0. The van der Waals surface area contributed by atoms with Crippen LogP contribution in [0.2, 0.25) is 0 Å². The van der Waals surface area contributed by atoms with Gasteiger partial charge in [0.2, 0.25) is 0 Å². The Morgan fingerprint density at radius 2 is 1.03 bits per heavy atom. The molecule has 200 valence electrons. The van der Waals surface area contributed by atoms with E-state index in [1.165, 1.54) is 96.3 Å². The van der Waals surface area contributed by atoms with Crippen molar-refractivity contribution in [2.45, 2.75) is 149 Å². The highest BCUT2D eigenvalue weighted by Crippen LogP contribution is 2.12. The van der Waals surface area contributed by atoms with Gasteiger partial charge in [-0.25, -0.2) is 4.79 Å². The molecule has 3 nitrogen and oxygen atoms in total. The fourth-order valence-corrected chi connectivity index (χ4v) is 3.98. The summed E-state index contributed by atoms with van der Waals surface area (Å²) in [6.07, 6.45) is 33.4. The average molecular weight is 479 g/mol. The Labute approximate surface area is 213 Å². The molecule has 34 heavy (non-hydrogen) atoms. The fraction of sp³-hybridized carbons (Fsp3) is 0.839. The molecule has 0 atom stereocenters. The number of carbonyl (C=O) groups excluding carboxylic acids is 1. The van der Waals surface area contributed by atoms with Crippen molar-refractivity contribution in [3.05, 3.63) is 24.3 Å². The maximum atomic E-state index is 11.6. The average Bonchev–Trinajstić information content (AvgIpc) is 2.82. The van der Waals surface area contributed by atoms with E-state index in [0.717, 1.165) is 38.0 Å². The molecule has 3 heteroatoms. The minimum atomic E-state index is -0.490. The molecular formula is C31H58O3. The van der Waals surface area contributed by atoms with E-state index < -0.39 is 6.16 Å². The molecular weight excluding hydrogens is 420 g/mol. The Morgan fingerprint density at radius 3 is 1.53 bits per heavy atom. The summed E-state index contributed by atoms with van der Waals surface area (Å²) in [6.45, 7) is 7.82. The Balaban J connectivity index is 3.24. The van der Waals surface area contributed by atoms with Crippen molar-refractivity contribution in [3.8, 4) is 0 Å². The predicted molar refractivity (Wildman–Crippen MR) is 148 cm³/mol. The van der Waals surface area contributed by atoms with Crippen LogP contribution in [0.3, 0.4) is 0 Å². The third kappa shape index (κ3) is 28.8. The minimum absolute atomic E-state index is 0.490. The van der Waals surface area contributed by atoms with Gasteiger partial charge >= 0.3 is 6.16 Å². The summed E-state index contributed by atoms with van der Waals surface area (Å²) in [5.74, 6) is 0.831. The third-order valence-corrected chi connectivity index (χ3v) is 6.21. The van der Waals surface area contributed by atoms with E-state index >= 15 is 0 Å². The highest BCUT2D eigenvalue weighted by Gasteiger charge is 2.03. The van der Waals surface area contributed by atoms with Crippen LogP contribution in [0.15, 0.2) is 24.3 Å². The molecule has 0 aromatic heterocycles. The number of unbranched alkanes of at least 4 members (excludes halogenated alkanes) is 15. The van der Waals surface area contributed by atoms with Gasteiger partial charge in [-0.2, -0.15) is 0 Å². The van der Waals surface area contributed by atoms with Crippen LogP contribution >= 0.6 is 0 Å². The van der Waals surface area contributed by atoms with Gasteiger partial charge in [-0.1, -0.05) is 129 Å². The maximum Gasteiger partial charge on any atom is 0.508 e. The van der Waals surface area contributed by atoms with Crippen LogP contribution in [-0.2, 0) is 9.47 Å². The van der Waals surface area contributed by atoms with E-state index in [0.29, 0.717) is 13.2 Å². The van der Waals surface area contributed by atoms with Crippen molar-refractivity contribution >= 4 is 6.16 Å². The van der Waals surface area contributed by atoms with Crippen molar-refractivity contribution in [2.75, 3.05) is 13.2 Å². The summed E-state index contributed by atoms with van der Waals surface area (Å²) in [4.78, 5) is 11.6. The van der Waals surface area contributed by atoms with Gasteiger partial charge in [0.25, 0.3) is 0 Å². The molecule has 0 fully saturated rings. The van der Waals surface area contributed by atoms with Gasteiger partial charge in [-0.15, -0.1) is 0 Å². The van der Waals surface area contributed by atoms with Crippen molar-refractivity contribution in [1.82, 2.24) is 0 Å². The van der Waals surface area contributed by atoms with Gasteiger partial charge in [0.05, 0.1) is 13.2 Å². The van der Waals surface area contributed by atoms with Crippen LogP contribution < -0.4 is 0 Å². The molecule has 0 aliphatic heterocycles. The van der Waals surface area contributed by atoms with Gasteiger partial charge in [0, 0.05) is 0 Å². The quantitative estimate of drug-likeness (QED) is 0.0743. The number of ether oxygens (including phenoxy) is 2. The van der Waals surface area contributed by atoms with Crippen molar-refractivity contribution in [3.63, 3.8) is 0 Å². The first-order valence-corrected chi connectivity index (χ1v) is 14.8. The lowest BCUT2D eigenvalue weighted by atomic mass is 10.0. The lowest BCUT2D eigenvalue weighted by molar-refractivity contribution is 0.0529. The molecule has 0 aromatic rings. The van der Waals surface area contributed by atoms with Crippen LogP contribution in [0.1, 0.15) is 149 Å². The first kappa shape index (κ1) is 32.8. The topological polar surface area (TPSA) is 35.5 Å². The van der Waals surface area contributed by atoms with Gasteiger partial charge in [0.15, 0.2) is 0 Å². The third-order valence-electron chi connectivity index (χ3n) is 6.21. The van der Waals surface area contributed by atoms with Crippen LogP contribution in [0.5, 0.6) is 0 Å². The summed E-state index contributed by atoms with van der Waals surface area (Å²) < 4.78 is 10.3. The van der Waals surface area contributed by atoms with Crippen LogP contribution in [-0.4, -0.2) is 19.4 Å². The summed E-state index contributed by atoms with van der Waals surface area (Å²) >= 11 is 0. The molecule has 0 bridgehead atoms. The van der Waals surface area contributed by atoms with Crippen LogP contribution in [0.4, 0.5) is 4.79 Å². The van der Waals surface area contributed by atoms with Crippen molar-refractivity contribution in [1.29, 1.82) is 0 Å². The molecule has 0 amide bonds. The molecule has 0 aliphatic carbocycles. The number of allylic oxidation sites excluding steroid dienone is 4. The Bertz CT molecular complexity index is 467. The van der Waals surface area contributed by atoms with E-state index in [-0.39, 0.29) is 0 Å². The monoisotopic (exact) mass is 478 g/mol. The second-order valence-electron chi connectivity index (χ2n) is 10.2. The lowest BCUT2D eigenvalue weighted by Crippen LogP contribution is -2.09. The van der Waals surface area contributed by atoms with Crippen LogP contribution in [0, 0.1) is 5.92 Å². The number of carbonyl (C=O) groups is 1. The molecule has 0 radical (unpaired) electrons. The molecule has 0 aliphatic rings. The van der Waals surface area contributed by atoms with E-state index in [1.807, 2.05) is 0 Å². The van der Waals surface area contributed by atoms with Gasteiger partial charge in [-0.3, -0.25) is 0 Å². The summed E-state index contributed by atoms with van der Waals surface area (Å²) in [7, 11) is 0. The van der Waals surface area contributed by atoms with Crippen LogP contribution in [0.25, 0.3) is 0 Å². The van der Waals surface area contributed by atoms with Gasteiger partial charge in [0.1, 0.15) is 0 Å². The Hall–Kier alpha value is -1.25. The maximum absolute atomic E-state index is 11.6. The molecule has 0 aromatic carbocycles. The second kappa shape index (κ2) is 28.0. The Morgan fingerprint density at radius 1 is 0.588 bits per heavy atom. The van der Waals surface area contributed by atoms with E-state index in [4.69, 9.17) is 9.47 Å². The van der Waals surface area contributed by atoms with E-state index in [2.05, 4.69) is 45.1 Å². The zero-order valence-electron chi connectivity index (χ0n) is 23.2. The SMILES string of the molecule is CCCCCC=CCC=CCCCCCCCCOC(=O)OCCCCCCCCCC(C)C. The predicted octanol–water partition coefficient (Wildman–Crippen LogP) is 10.7. The molecule has 0 saturated heterocycles. The lowest BCUT2D eigenvalue weighted by Gasteiger charge is -2.07. The molecule has 0 heterocycles. The van der Waals surface area contributed by atoms with Gasteiger partial charge in [-0.05, 0) is 50.9 Å². The first-order chi connectivity index (χ1) is 16.7. The standard InChI is InChI=1S/C31H58O3/c1-4-5-6-7-8-9-10-11-12-13-14-15-16-19-22-25-28-33-31(32)34-29-26-23-20-17-18-21-24-27-30(2)3/h8-9,11-12,30H,4-7,10,13-29H2,1-3H3. The molecule has 0 N–H and O–H groups in total. The number of hydrogen-bond donors (Lipinski definition) is 0.